The zero-order chi connectivity index (χ0) is 9.68. The number of aromatic amines is 1. The van der Waals surface area contributed by atoms with Crippen LogP contribution in [0.25, 0.3) is 0 Å². The summed E-state index contributed by atoms with van der Waals surface area (Å²) in [6, 6.07) is 1.28. The van der Waals surface area contributed by atoms with Crippen molar-refractivity contribution in [3.8, 4) is 17.6 Å². The minimum absolute atomic E-state index is 0.00232. The van der Waals surface area contributed by atoms with Gasteiger partial charge in [0.2, 0.25) is 0 Å². The minimum Gasteiger partial charge on any atom is -0.503 e. The summed E-state index contributed by atoms with van der Waals surface area (Å²) in [5.41, 5.74) is -0.0155. The number of aliphatic hydroxyl groups is 1. The molecule has 0 aliphatic rings. The van der Waals surface area contributed by atoms with Gasteiger partial charge < -0.3 is 15.2 Å². The van der Waals surface area contributed by atoms with Crippen LogP contribution >= 0.6 is 0 Å². The molecule has 4 nitrogen and oxygen atoms in total. The van der Waals surface area contributed by atoms with E-state index in [1.54, 1.807) is 0 Å². The predicted octanol–water partition coefficient (Wildman–Crippen LogP) is -0.186. The van der Waals surface area contributed by atoms with E-state index < -0.39 is 5.56 Å². The molecule has 0 aromatic carbocycles. The van der Waals surface area contributed by atoms with Gasteiger partial charge in [-0.25, -0.2) is 0 Å². The number of pyridine rings is 1. The normalized spacial score (nSPS) is 9.00. The predicted molar refractivity (Wildman–Crippen MR) is 47.3 cm³/mol. The Morgan fingerprint density at radius 2 is 2.31 bits per heavy atom. The number of aromatic hydroxyl groups is 1. The zero-order valence-corrected chi connectivity index (χ0v) is 6.87. The summed E-state index contributed by atoms with van der Waals surface area (Å²) in [7, 11) is 0. The molecule has 13 heavy (non-hydrogen) atoms. The molecule has 0 saturated carbocycles. The number of aromatic nitrogens is 1. The van der Waals surface area contributed by atoms with Gasteiger partial charge in [0.05, 0.1) is 6.61 Å². The average molecular weight is 179 g/mol. The van der Waals surface area contributed by atoms with E-state index in [2.05, 4.69) is 16.8 Å². The highest BCUT2D eigenvalue weighted by Crippen LogP contribution is 2.01. The van der Waals surface area contributed by atoms with Crippen LogP contribution in [0.5, 0.6) is 5.75 Å². The van der Waals surface area contributed by atoms with E-state index in [4.69, 9.17) is 10.2 Å². The van der Waals surface area contributed by atoms with Gasteiger partial charge in [-0.2, -0.15) is 0 Å². The number of hydrogen-bond acceptors (Lipinski definition) is 3. The van der Waals surface area contributed by atoms with Gasteiger partial charge in [-0.3, -0.25) is 4.79 Å². The second-order valence-corrected chi connectivity index (χ2v) is 2.38. The third-order valence-electron chi connectivity index (χ3n) is 1.35. The Morgan fingerprint density at radius 3 is 2.92 bits per heavy atom. The van der Waals surface area contributed by atoms with E-state index in [1.807, 2.05) is 0 Å². The fourth-order valence-corrected chi connectivity index (χ4v) is 0.764. The highest BCUT2D eigenvalue weighted by Gasteiger charge is 1.95. The first-order chi connectivity index (χ1) is 6.24. The topological polar surface area (TPSA) is 73.3 Å². The van der Waals surface area contributed by atoms with Gasteiger partial charge >= 0.3 is 0 Å². The second kappa shape index (κ2) is 4.33. The molecule has 4 heteroatoms. The van der Waals surface area contributed by atoms with Crippen LogP contribution in [0.4, 0.5) is 0 Å². The van der Waals surface area contributed by atoms with Crippen LogP contribution in [-0.4, -0.2) is 21.8 Å². The van der Waals surface area contributed by atoms with Crippen LogP contribution in [0.2, 0.25) is 0 Å². The number of H-pyrrole nitrogens is 1. The van der Waals surface area contributed by atoms with Crippen LogP contribution in [0, 0.1) is 11.8 Å². The molecule has 0 spiro atoms. The Balaban J connectivity index is 2.87. The van der Waals surface area contributed by atoms with Crippen molar-refractivity contribution in [2.75, 3.05) is 6.61 Å². The van der Waals surface area contributed by atoms with Gasteiger partial charge in [-0.05, 0) is 0 Å². The number of rotatable bonds is 1. The fraction of sp³-hybridized carbons (Fsp3) is 0.222. The first-order valence-corrected chi connectivity index (χ1v) is 3.75. The summed E-state index contributed by atoms with van der Waals surface area (Å²) >= 11 is 0. The van der Waals surface area contributed by atoms with E-state index in [0.717, 1.165) is 0 Å². The van der Waals surface area contributed by atoms with Crippen molar-refractivity contribution in [1.29, 1.82) is 0 Å². The average Bonchev–Trinajstić information content (AvgIpc) is 2.12. The maximum absolute atomic E-state index is 10.7. The second-order valence-electron chi connectivity index (χ2n) is 2.38. The van der Waals surface area contributed by atoms with Gasteiger partial charge in [0.15, 0.2) is 5.75 Å². The molecular formula is C9H9NO3. The molecule has 1 aromatic heterocycles. The summed E-state index contributed by atoms with van der Waals surface area (Å²) in [4.78, 5) is 13.0. The molecule has 3 N–H and O–H groups in total. The highest BCUT2D eigenvalue weighted by atomic mass is 16.3. The van der Waals surface area contributed by atoms with Crippen molar-refractivity contribution in [3.63, 3.8) is 0 Å². The molecular weight excluding hydrogens is 170 g/mol. The van der Waals surface area contributed by atoms with Crippen molar-refractivity contribution in [2.45, 2.75) is 6.42 Å². The monoisotopic (exact) mass is 179 g/mol. The SMILES string of the molecule is O=c1[nH]cc(C#CCCO)cc1O. The Bertz CT molecular complexity index is 397. The molecule has 0 aliphatic heterocycles. The molecule has 0 fully saturated rings. The molecule has 0 bridgehead atoms. The summed E-state index contributed by atoms with van der Waals surface area (Å²) in [6.07, 6.45) is 1.78. The lowest BCUT2D eigenvalue weighted by Crippen LogP contribution is -2.03. The van der Waals surface area contributed by atoms with E-state index >= 15 is 0 Å². The van der Waals surface area contributed by atoms with E-state index in [-0.39, 0.29) is 12.4 Å². The van der Waals surface area contributed by atoms with Gasteiger partial charge in [-0.1, -0.05) is 11.8 Å². The molecule has 1 heterocycles. The summed E-state index contributed by atoms with van der Waals surface area (Å²) in [6.45, 7) is 0.00232. The molecule has 1 aromatic rings. The van der Waals surface area contributed by atoms with Crippen molar-refractivity contribution >= 4 is 0 Å². The molecule has 1 rings (SSSR count). The lowest BCUT2D eigenvalue weighted by molar-refractivity contribution is 0.305. The highest BCUT2D eigenvalue weighted by molar-refractivity contribution is 5.35. The molecule has 0 atom stereocenters. The van der Waals surface area contributed by atoms with Gasteiger partial charge in [0.25, 0.3) is 5.56 Å². The third kappa shape index (κ3) is 2.65. The van der Waals surface area contributed by atoms with Crippen LogP contribution in [-0.2, 0) is 0 Å². The lowest BCUT2D eigenvalue weighted by atomic mass is 10.2. The van der Waals surface area contributed by atoms with Crippen LogP contribution in [0.15, 0.2) is 17.1 Å². The standard InChI is InChI=1S/C9H9NO3/c11-4-2-1-3-7-5-8(12)9(13)10-6-7/h5-6,11-12H,2,4H2,(H,10,13). The van der Waals surface area contributed by atoms with Crippen LogP contribution in [0.3, 0.4) is 0 Å². The van der Waals surface area contributed by atoms with Gasteiger partial charge in [-0.15, -0.1) is 0 Å². The fourth-order valence-electron chi connectivity index (χ4n) is 0.764. The Kier molecular flexibility index (Phi) is 3.12. The van der Waals surface area contributed by atoms with Crippen molar-refractivity contribution in [3.05, 3.63) is 28.2 Å². The van der Waals surface area contributed by atoms with Gasteiger partial charge in [0, 0.05) is 24.2 Å². The summed E-state index contributed by atoms with van der Waals surface area (Å²) < 4.78 is 0. The lowest BCUT2D eigenvalue weighted by Gasteiger charge is -1.90. The maximum atomic E-state index is 10.7. The summed E-state index contributed by atoms with van der Waals surface area (Å²) in [5, 5.41) is 17.4. The van der Waals surface area contributed by atoms with Crippen molar-refractivity contribution in [1.82, 2.24) is 4.98 Å². The molecule has 68 valence electrons. The molecule has 0 aliphatic carbocycles. The minimum atomic E-state index is -0.535. The maximum Gasteiger partial charge on any atom is 0.290 e. The zero-order valence-electron chi connectivity index (χ0n) is 6.87. The van der Waals surface area contributed by atoms with Crippen LogP contribution in [0.1, 0.15) is 12.0 Å². The molecule has 0 radical (unpaired) electrons. The Labute approximate surface area is 74.9 Å². The molecule has 0 unspecified atom stereocenters. The third-order valence-corrected chi connectivity index (χ3v) is 1.35. The first-order valence-electron chi connectivity index (χ1n) is 3.75. The summed E-state index contributed by atoms with van der Waals surface area (Å²) in [5.74, 6) is 4.99. The van der Waals surface area contributed by atoms with E-state index in [1.165, 1.54) is 12.3 Å². The number of aliphatic hydroxyl groups excluding tert-OH is 1. The van der Waals surface area contributed by atoms with Crippen LogP contribution < -0.4 is 5.56 Å². The van der Waals surface area contributed by atoms with E-state index in [0.29, 0.717) is 12.0 Å². The van der Waals surface area contributed by atoms with Crippen molar-refractivity contribution < 1.29 is 10.2 Å². The quantitative estimate of drug-likeness (QED) is 0.523. The molecule has 0 saturated heterocycles. The smallest absolute Gasteiger partial charge is 0.290 e. The Morgan fingerprint density at radius 1 is 1.54 bits per heavy atom. The number of hydrogen-bond donors (Lipinski definition) is 3. The van der Waals surface area contributed by atoms with E-state index in [9.17, 15) is 4.79 Å². The number of nitrogens with one attached hydrogen (secondary N) is 1. The van der Waals surface area contributed by atoms with Crippen molar-refractivity contribution in [2.24, 2.45) is 0 Å². The molecule has 0 amide bonds. The first kappa shape index (κ1) is 9.36. The Hall–Kier alpha value is -1.73. The van der Waals surface area contributed by atoms with Gasteiger partial charge in [0.1, 0.15) is 0 Å². The largest absolute Gasteiger partial charge is 0.503 e.